The fraction of sp³-hybridized carbons (Fsp3) is 0.812. The molecule has 0 aliphatic carbocycles. The van der Waals surface area contributed by atoms with Crippen molar-refractivity contribution < 1.29 is 0 Å². The Kier molecular flexibility index (Phi) is 5.27. The topological polar surface area (TPSA) is 50.3 Å². The summed E-state index contributed by atoms with van der Waals surface area (Å²) in [4.78, 5) is 4.79. The zero-order valence-corrected chi connectivity index (χ0v) is 14.3. The molecule has 1 aromatic heterocycles. The van der Waals surface area contributed by atoms with Gasteiger partial charge >= 0.3 is 0 Å². The van der Waals surface area contributed by atoms with Crippen molar-refractivity contribution in [3.8, 4) is 0 Å². The molecular weight excluding hydrogens is 262 g/mol. The van der Waals surface area contributed by atoms with Gasteiger partial charge in [-0.2, -0.15) is 5.10 Å². The number of hydrogen-bond donors (Lipinski definition) is 1. The molecule has 2 atom stereocenters. The number of rotatable bonds is 6. The predicted octanol–water partition coefficient (Wildman–Crippen LogP) is 1.40. The molecule has 2 heterocycles. The minimum absolute atomic E-state index is 0.220. The predicted molar refractivity (Wildman–Crippen MR) is 88.8 cm³/mol. The molecule has 5 nitrogen and oxygen atoms in total. The summed E-state index contributed by atoms with van der Waals surface area (Å²) in [6.07, 6.45) is 3.22. The molecule has 5 heteroatoms. The van der Waals surface area contributed by atoms with Gasteiger partial charge in [-0.25, -0.2) is 0 Å². The second-order valence-corrected chi connectivity index (χ2v) is 6.68. The van der Waals surface area contributed by atoms with Crippen LogP contribution < -0.4 is 10.6 Å². The number of likely N-dealkylation sites (tertiary alicyclic amines) is 1. The van der Waals surface area contributed by atoms with Crippen LogP contribution in [0, 0.1) is 12.8 Å². The van der Waals surface area contributed by atoms with Crippen LogP contribution in [0.1, 0.15) is 31.0 Å². The highest BCUT2D eigenvalue weighted by atomic mass is 15.4. The Morgan fingerprint density at radius 2 is 2.14 bits per heavy atom. The van der Waals surface area contributed by atoms with E-state index in [1.165, 1.54) is 30.9 Å². The van der Waals surface area contributed by atoms with Gasteiger partial charge in [0.2, 0.25) is 0 Å². The summed E-state index contributed by atoms with van der Waals surface area (Å²) in [7, 11) is 6.44. The molecule has 1 fully saturated rings. The quantitative estimate of drug-likeness (QED) is 0.861. The van der Waals surface area contributed by atoms with Crippen molar-refractivity contribution in [2.45, 2.75) is 39.2 Å². The lowest BCUT2D eigenvalue weighted by Crippen LogP contribution is -2.30. The number of aryl methyl sites for hydroxylation is 2. The monoisotopic (exact) mass is 293 g/mol. The second kappa shape index (κ2) is 6.79. The molecule has 2 rings (SSSR count). The van der Waals surface area contributed by atoms with Gasteiger partial charge < -0.3 is 15.5 Å². The van der Waals surface area contributed by atoms with Gasteiger partial charge in [0, 0.05) is 38.8 Å². The summed E-state index contributed by atoms with van der Waals surface area (Å²) in [5, 5.41) is 4.62. The molecule has 1 aliphatic rings. The summed E-state index contributed by atoms with van der Waals surface area (Å²) >= 11 is 0. The Hall–Kier alpha value is -1.07. The fourth-order valence-electron chi connectivity index (χ4n) is 3.46. The lowest BCUT2D eigenvalue weighted by atomic mass is 10.0. The smallest absolute Gasteiger partial charge is 0.129 e. The van der Waals surface area contributed by atoms with Crippen LogP contribution >= 0.6 is 0 Å². The van der Waals surface area contributed by atoms with E-state index in [1.54, 1.807) is 0 Å². The highest BCUT2D eigenvalue weighted by molar-refractivity contribution is 5.50. The van der Waals surface area contributed by atoms with Crippen molar-refractivity contribution in [3.05, 3.63) is 11.3 Å². The van der Waals surface area contributed by atoms with Gasteiger partial charge in [-0.05, 0) is 45.7 Å². The van der Waals surface area contributed by atoms with Gasteiger partial charge in [0.25, 0.3) is 0 Å². The molecule has 0 spiro atoms. The average molecular weight is 293 g/mol. The highest BCUT2D eigenvalue weighted by Gasteiger charge is 2.24. The first-order valence-corrected chi connectivity index (χ1v) is 8.10. The maximum Gasteiger partial charge on any atom is 0.129 e. The van der Waals surface area contributed by atoms with Crippen molar-refractivity contribution in [1.29, 1.82) is 0 Å². The van der Waals surface area contributed by atoms with Crippen molar-refractivity contribution in [1.82, 2.24) is 14.7 Å². The third-order valence-corrected chi connectivity index (χ3v) is 4.69. The molecular formula is C16H31N5. The number of nitrogens with zero attached hydrogens (tertiary/aromatic N) is 4. The zero-order valence-electron chi connectivity index (χ0n) is 14.3. The molecule has 0 saturated carbocycles. The first kappa shape index (κ1) is 16.3. The van der Waals surface area contributed by atoms with E-state index in [9.17, 15) is 0 Å². The minimum atomic E-state index is 0.220. The van der Waals surface area contributed by atoms with E-state index in [-0.39, 0.29) is 6.04 Å². The third-order valence-electron chi connectivity index (χ3n) is 4.69. The molecule has 1 saturated heterocycles. The van der Waals surface area contributed by atoms with Gasteiger partial charge in [-0.3, -0.25) is 4.68 Å². The van der Waals surface area contributed by atoms with Crippen LogP contribution in [0.5, 0.6) is 0 Å². The minimum Gasteiger partial charge on any atom is -0.359 e. The number of hydrogen-bond acceptors (Lipinski definition) is 4. The van der Waals surface area contributed by atoms with Crippen LogP contribution in [-0.4, -0.2) is 54.5 Å². The lowest BCUT2D eigenvalue weighted by molar-refractivity contribution is 0.395. The molecule has 0 aromatic carbocycles. The summed E-state index contributed by atoms with van der Waals surface area (Å²) in [6.45, 7) is 7.76. The second-order valence-electron chi connectivity index (χ2n) is 6.68. The van der Waals surface area contributed by atoms with E-state index in [1.807, 2.05) is 11.7 Å². The summed E-state index contributed by atoms with van der Waals surface area (Å²) < 4.78 is 2.02. The molecule has 2 N–H and O–H groups in total. The summed E-state index contributed by atoms with van der Waals surface area (Å²) in [5.41, 5.74) is 8.61. The Labute approximate surface area is 129 Å². The molecule has 0 amide bonds. The largest absolute Gasteiger partial charge is 0.359 e. The van der Waals surface area contributed by atoms with E-state index >= 15 is 0 Å². The van der Waals surface area contributed by atoms with Crippen LogP contribution in [0.2, 0.25) is 0 Å². The Bertz CT molecular complexity index is 467. The Balaban J connectivity index is 2.13. The van der Waals surface area contributed by atoms with Gasteiger partial charge in [-0.15, -0.1) is 0 Å². The van der Waals surface area contributed by atoms with Crippen molar-refractivity contribution in [2.75, 3.05) is 38.6 Å². The van der Waals surface area contributed by atoms with E-state index in [2.05, 4.69) is 42.8 Å². The number of nitrogens with two attached hydrogens (primary N) is 1. The van der Waals surface area contributed by atoms with E-state index in [0.29, 0.717) is 0 Å². The molecule has 0 bridgehead atoms. The lowest BCUT2D eigenvalue weighted by Gasteiger charge is -2.25. The first-order chi connectivity index (χ1) is 9.92. The van der Waals surface area contributed by atoms with E-state index in [0.717, 1.165) is 31.0 Å². The van der Waals surface area contributed by atoms with Crippen LogP contribution in [0.25, 0.3) is 0 Å². The van der Waals surface area contributed by atoms with Gasteiger partial charge in [-0.1, -0.05) is 6.92 Å². The summed E-state index contributed by atoms with van der Waals surface area (Å²) in [5.74, 6) is 1.99. The normalized spacial score (nSPS) is 21.0. The van der Waals surface area contributed by atoms with Gasteiger partial charge in [0.05, 0.1) is 5.69 Å². The van der Waals surface area contributed by atoms with Crippen molar-refractivity contribution in [2.24, 2.45) is 18.7 Å². The maximum absolute atomic E-state index is 6.17. The summed E-state index contributed by atoms with van der Waals surface area (Å²) in [6, 6.07) is 0.220. The molecule has 120 valence electrons. The third kappa shape index (κ3) is 3.77. The van der Waals surface area contributed by atoms with Crippen molar-refractivity contribution in [3.63, 3.8) is 0 Å². The van der Waals surface area contributed by atoms with Gasteiger partial charge in [0.1, 0.15) is 5.82 Å². The highest BCUT2D eigenvalue weighted by Crippen LogP contribution is 2.26. The SMILES string of the molecule is CCC(N)Cc1c(C)nn(C)c1N(C)CC1CCN(C)C1. The molecule has 21 heavy (non-hydrogen) atoms. The molecule has 2 unspecified atom stereocenters. The Morgan fingerprint density at radius 3 is 2.71 bits per heavy atom. The average Bonchev–Trinajstić information content (AvgIpc) is 2.93. The van der Waals surface area contributed by atoms with E-state index in [4.69, 9.17) is 5.73 Å². The van der Waals surface area contributed by atoms with Crippen LogP contribution in [0.3, 0.4) is 0 Å². The zero-order chi connectivity index (χ0) is 15.6. The standard InChI is InChI=1S/C16H31N5/c1-6-14(17)9-15-12(2)18-21(5)16(15)20(4)11-13-7-8-19(3)10-13/h13-14H,6-11,17H2,1-5H3. The van der Waals surface area contributed by atoms with Crippen molar-refractivity contribution >= 4 is 5.82 Å². The number of aromatic nitrogens is 2. The molecule has 0 radical (unpaired) electrons. The first-order valence-electron chi connectivity index (χ1n) is 8.10. The van der Waals surface area contributed by atoms with E-state index < -0.39 is 0 Å². The Morgan fingerprint density at radius 1 is 1.43 bits per heavy atom. The molecule has 1 aliphatic heterocycles. The van der Waals surface area contributed by atoms with Crippen LogP contribution in [-0.2, 0) is 13.5 Å². The molecule has 1 aromatic rings. The maximum atomic E-state index is 6.17. The van der Waals surface area contributed by atoms with Crippen LogP contribution in [0.4, 0.5) is 5.82 Å². The van der Waals surface area contributed by atoms with Gasteiger partial charge in [0.15, 0.2) is 0 Å². The van der Waals surface area contributed by atoms with Crippen LogP contribution in [0.15, 0.2) is 0 Å². The number of anilines is 1. The fourth-order valence-corrected chi connectivity index (χ4v) is 3.46.